The van der Waals surface area contributed by atoms with E-state index in [0.29, 0.717) is 18.5 Å². The molecule has 0 N–H and O–H groups in total. The number of halogens is 1. The Labute approximate surface area is 198 Å². The summed E-state index contributed by atoms with van der Waals surface area (Å²) in [7, 11) is 0. The average Bonchev–Trinajstić information content (AvgIpc) is 3.35. The lowest BCUT2D eigenvalue weighted by Gasteiger charge is -2.37. The number of benzene rings is 2. The average molecular weight is 459 g/mol. The fraction of sp³-hybridized carbons (Fsp3) is 0.333. The van der Waals surface area contributed by atoms with Gasteiger partial charge in [0, 0.05) is 31.5 Å². The van der Waals surface area contributed by atoms with E-state index in [0.717, 1.165) is 54.3 Å². The van der Waals surface area contributed by atoms with E-state index in [9.17, 15) is 14.0 Å². The number of carbonyl (C=O) groups excluding carboxylic acids is 2. The minimum absolute atomic E-state index is 0.0324. The lowest BCUT2D eigenvalue weighted by molar-refractivity contribution is -0.119. The van der Waals surface area contributed by atoms with Crippen molar-refractivity contribution in [2.45, 2.75) is 45.1 Å². The molecule has 1 amide bonds. The van der Waals surface area contributed by atoms with Gasteiger partial charge < -0.3 is 9.80 Å². The van der Waals surface area contributed by atoms with Gasteiger partial charge in [-0.15, -0.1) is 0 Å². The lowest BCUT2D eigenvalue weighted by atomic mass is 10.0. The third-order valence-electron chi connectivity index (χ3n) is 6.67. The molecule has 0 saturated carbocycles. The number of rotatable bonds is 7. The van der Waals surface area contributed by atoms with Crippen molar-refractivity contribution >= 4 is 23.2 Å². The smallest absolute Gasteiger partial charge is 0.249 e. The van der Waals surface area contributed by atoms with Crippen LogP contribution in [0, 0.1) is 5.82 Å². The molecule has 1 fully saturated rings. The van der Waals surface area contributed by atoms with Crippen molar-refractivity contribution < 1.29 is 14.0 Å². The van der Waals surface area contributed by atoms with Crippen molar-refractivity contribution in [2.24, 2.45) is 0 Å². The first-order valence-electron chi connectivity index (χ1n) is 11.8. The molecule has 0 spiro atoms. The first kappa shape index (κ1) is 22.2. The Bertz CT molecular complexity index is 1210. The minimum Gasteiger partial charge on any atom is -0.343 e. The van der Waals surface area contributed by atoms with Crippen LogP contribution in [-0.2, 0) is 24.1 Å². The van der Waals surface area contributed by atoms with Crippen LogP contribution in [0.5, 0.6) is 0 Å². The highest BCUT2D eigenvalue weighted by Gasteiger charge is 2.41. The Balaban J connectivity index is 1.24. The number of hydrogen-bond acceptors (Lipinski definition) is 5. The van der Waals surface area contributed by atoms with Crippen LogP contribution in [0.25, 0.3) is 0 Å². The number of fused-ring (bicyclic) bond motifs is 3. The van der Waals surface area contributed by atoms with Crippen LogP contribution >= 0.6 is 0 Å². The van der Waals surface area contributed by atoms with Gasteiger partial charge in [0.2, 0.25) is 5.91 Å². The zero-order valence-electron chi connectivity index (χ0n) is 19.2. The summed E-state index contributed by atoms with van der Waals surface area (Å²) in [6.07, 6.45) is 5.43. The Morgan fingerprint density at radius 2 is 1.79 bits per heavy atom. The molecule has 6 nitrogen and oxygen atoms in total. The Kier molecular flexibility index (Phi) is 6.09. The number of likely N-dealkylation sites (N-methyl/N-ethyl adjacent to an activating group) is 1. The number of amides is 1. The second-order valence-corrected chi connectivity index (χ2v) is 8.85. The quantitative estimate of drug-likeness (QED) is 0.498. The predicted molar refractivity (Wildman–Crippen MR) is 129 cm³/mol. The molecule has 0 radical (unpaired) electrons. The van der Waals surface area contributed by atoms with Crippen molar-refractivity contribution in [3.8, 4) is 0 Å². The summed E-state index contributed by atoms with van der Waals surface area (Å²) in [4.78, 5) is 38.5. The molecular formula is C27H27FN4O2. The molecule has 2 aromatic carbocycles. The van der Waals surface area contributed by atoms with Crippen molar-refractivity contribution in [3.05, 3.63) is 83.1 Å². The normalized spacial score (nSPS) is 17.0. The van der Waals surface area contributed by atoms with Gasteiger partial charge >= 0.3 is 0 Å². The van der Waals surface area contributed by atoms with Gasteiger partial charge in [0.15, 0.2) is 11.6 Å². The Morgan fingerprint density at radius 1 is 1.06 bits per heavy atom. The first-order valence-corrected chi connectivity index (χ1v) is 11.8. The van der Waals surface area contributed by atoms with E-state index in [1.54, 1.807) is 11.1 Å². The zero-order chi connectivity index (χ0) is 23.7. The lowest BCUT2D eigenvalue weighted by Crippen LogP contribution is -2.51. The van der Waals surface area contributed by atoms with Crippen molar-refractivity contribution in [1.82, 2.24) is 9.97 Å². The monoisotopic (exact) mass is 458 g/mol. The van der Waals surface area contributed by atoms with Gasteiger partial charge in [-0.1, -0.05) is 24.3 Å². The molecule has 174 valence electrons. The van der Waals surface area contributed by atoms with Gasteiger partial charge in [-0.2, -0.15) is 0 Å². The minimum atomic E-state index is -0.347. The van der Waals surface area contributed by atoms with Crippen molar-refractivity contribution in [2.75, 3.05) is 22.9 Å². The summed E-state index contributed by atoms with van der Waals surface area (Å²) in [5.41, 5.74) is 3.39. The van der Waals surface area contributed by atoms with E-state index in [1.165, 1.54) is 24.3 Å². The van der Waals surface area contributed by atoms with Gasteiger partial charge in [-0.05, 0) is 61.6 Å². The molecular weight excluding hydrogens is 431 g/mol. The number of hydrogen-bond donors (Lipinski definition) is 0. The fourth-order valence-electron chi connectivity index (χ4n) is 4.83. The number of aromatic nitrogens is 2. The maximum absolute atomic E-state index is 13.1. The summed E-state index contributed by atoms with van der Waals surface area (Å²) in [6.45, 7) is 3.46. The van der Waals surface area contributed by atoms with Crippen molar-refractivity contribution in [1.29, 1.82) is 0 Å². The molecule has 0 bridgehead atoms. The molecule has 1 atom stereocenters. The summed E-state index contributed by atoms with van der Waals surface area (Å²) in [5.74, 6) is 1.42. The third kappa shape index (κ3) is 4.30. The second kappa shape index (κ2) is 9.33. The van der Waals surface area contributed by atoms with E-state index < -0.39 is 0 Å². The van der Waals surface area contributed by atoms with E-state index in [2.05, 4.69) is 9.88 Å². The van der Waals surface area contributed by atoms with E-state index in [4.69, 9.17) is 4.98 Å². The van der Waals surface area contributed by atoms with Crippen LogP contribution in [0.1, 0.15) is 47.1 Å². The van der Waals surface area contributed by atoms with Crippen LogP contribution in [0.4, 0.5) is 15.9 Å². The summed E-state index contributed by atoms with van der Waals surface area (Å²) >= 11 is 0. The van der Waals surface area contributed by atoms with Crippen molar-refractivity contribution in [3.63, 3.8) is 0 Å². The molecule has 5 rings (SSSR count). The first-order chi connectivity index (χ1) is 16.5. The van der Waals surface area contributed by atoms with Crippen LogP contribution in [-0.4, -0.2) is 40.8 Å². The molecule has 3 heterocycles. The topological polar surface area (TPSA) is 66.4 Å². The van der Waals surface area contributed by atoms with Gasteiger partial charge in [-0.25, -0.2) is 14.4 Å². The number of nitrogens with zero attached hydrogens (tertiary/aromatic N) is 4. The number of aryl methyl sites for hydroxylation is 2. The maximum atomic E-state index is 13.1. The zero-order valence-corrected chi connectivity index (χ0v) is 19.2. The number of Topliss-reactive ketones (excluding diaryl/α,β-unsaturated/α-hetero) is 1. The fourth-order valence-corrected chi connectivity index (χ4v) is 4.83. The molecule has 34 heavy (non-hydrogen) atoms. The van der Waals surface area contributed by atoms with E-state index in [-0.39, 0.29) is 30.0 Å². The summed E-state index contributed by atoms with van der Waals surface area (Å²) in [5, 5.41) is 0. The predicted octanol–water partition coefficient (Wildman–Crippen LogP) is 4.16. The highest BCUT2D eigenvalue weighted by atomic mass is 19.1. The van der Waals surface area contributed by atoms with Crippen LogP contribution in [0.3, 0.4) is 0 Å². The van der Waals surface area contributed by atoms with Crippen LogP contribution < -0.4 is 9.80 Å². The Morgan fingerprint density at radius 3 is 2.53 bits per heavy atom. The molecule has 7 heteroatoms. The highest BCUT2D eigenvalue weighted by molar-refractivity contribution is 6.04. The van der Waals surface area contributed by atoms with Gasteiger partial charge in [0.05, 0.1) is 6.20 Å². The molecule has 2 aliphatic rings. The van der Waals surface area contributed by atoms with Gasteiger partial charge in [-0.3, -0.25) is 9.59 Å². The molecule has 1 aromatic heterocycles. The molecule has 3 aromatic rings. The summed E-state index contributed by atoms with van der Waals surface area (Å²) in [6, 6.07) is 13.5. The molecule has 1 saturated heterocycles. The molecule has 2 aliphatic heterocycles. The Hall–Kier alpha value is -3.61. The van der Waals surface area contributed by atoms with Gasteiger partial charge in [0.1, 0.15) is 23.4 Å². The van der Waals surface area contributed by atoms with E-state index >= 15 is 0 Å². The summed E-state index contributed by atoms with van der Waals surface area (Å²) < 4.78 is 13.1. The maximum Gasteiger partial charge on any atom is 0.249 e. The number of ketones is 1. The van der Waals surface area contributed by atoms with Crippen LogP contribution in [0.2, 0.25) is 0 Å². The van der Waals surface area contributed by atoms with E-state index in [1.807, 2.05) is 31.2 Å². The number of anilines is 2. The molecule has 0 aliphatic carbocycles. The number of carbonyl (C=O) groups is 2. The standard InChI is InChI=1S/C27H27FN4O2/c1-2-31-23-17-29-25(30-26(23)32-15-3-4-22(32)27(31)34)14-9-18-5-7-19(8-6-18)16-24(33)20-10-12-21(28)13-11-20/h5-8,10-13,17,22H,2-4,9,14-16H2,1H3/t22-/m0/s1. The third-order valence-corrected chi connectivity index (χ3v) is 6.67. The second-order valence-electron chi connectivity index (χ2n) is 8.85. The molecule has 0 unspecified atom stereocenters. The highest BCUT2D eigenvalue weighted by Crippen LogP contribution is 2.38. The van der Waals surface area contributed by atoms with Crippen LogP contribution in [0.15, 0.2) is 54.7 Å². The largest absolute Gasteiger partial charge is 0.343 e. The van der Waals surface area contributed by atoms with Gasteiger partial charge in [0.25, 0.3) is 0 Å². The SMILES string of the molecule is CCN1C(=O)[C@@H]2CCCN2c2nc(CCc3ccc(CC(=O)c4ccc(F)cc4)cc3)ncc21.